The van der Waals surface area contributed by atoms with Crippen molar-refractivity contribution in [3.05, 3.63) is 48.0 Å². The van der Waals surface area contributed by atoms with Crippen molar-refractivity contribution in [2.75, 3.05) is 19.6 Å². The number of benzene rings is 1. The number of hydrogen-bond donors (Lipinski definition) is 3. The molecule has 1 amide bonds. The van der Waals surface area contributed by atoms with E-state index in [-0.39, 0.29) is 24.1 Å². The summed E-state index contributed by atoms with van der Waals surface area (Å²) in [5.74, 6) is 0.282. The van der Waals surface area contributed by atoms with Crippen LogP contribution < -0.4 is 10.6 Å². The third-order valence-electron chi connectivity index (χ3n) is 4.15. The fourth-order valence-electron chi connectivity index (χ4n) is 2.87. The molecule has 0 saturated carbocycles. The second-order valence-electron chi connectivity index (χ2n) is 5.69. The van der Waals surface area contributed by atoms with E-state index in [0.717, 1.165) is 30.6 Å². The Hall–Kier alpha value is -1.85. The van der Waals surface area contributed by atoms with E-state index in [9.17, 15) is 9.18 Å². The lowest BCUT2D eigenvalue weighted by atomic mass is 10.0. The highest BCUT2D eigenvalue weighted by Crippen LogP contribution is 2.23. The van der Waals surface area contributed by atoms with E-state index < -0.39 is 0 Å². The Balaban J connectivity index is 0.00000192. The van der Waals surface area contributed by atoms with Crippen molar-refractivity contribution in [2.24, 2.45) is 5.92 Å². The molecule has 0 spiro atoms. The number of H-pyrrole nitrogens is 1. The van der Waals surface area contributed by atoms with Crippen LogP contribution in [0.1, 0.15) is 23.2 Å². The van der Waals surface area contributed by atoms with Crippen LogP contribution in [-0.4, -0.2) is 30.5 Å². The van der Waals surface area contributed by atoms with Gasteiger partial charge in [-0.05, 0) is 49.5 Å². The van der Waals surface area contributed by atoms with Gasteiger partial charge in [-0.1, -0.05) is 12.1 Å². The van der Waals surface area contributed by atoms with E-state index in [4.69, 9.17) is 0 Å². The number of aromatic amines is 1. The highest BCUT2D eigenvalue weighted by molar-refractivity contribution is 6.00. The van der Waals surface area contributed by atoms with Crippen LogP contribution in [0.5, 0.6) is 0 Å². The van der Waals surface area contributed by atoms with Crippen molar-refractivity contribution in [1.29, 1.82) is 0 Å². The molecule has 2 aromatic rings. The number of nitrogens with one attached hydrogen (secondary N) is 3. The van der Waals surface area contributed by atoms with Gasteiger partial charge in [0.25, 0.3) is 5.91 Å². The maximum absolute atomic E-state index is 13.0. The lowest BCUT2D eigenvalue weighted by Crippen LogP contribution is -2.26. The van der Waals surface area contributed by atoms with Crippen LogP contribution in [0.15, 0.2) is 36.7 Å². The zero-order chi connectivity index (χ0) is 15.4. The summed E-state index contributed by atoms with van der Waals surface area (Å²) in [6.45, 7) is 2.80. The van der Waals surface area contributed by atoms with Crippen LogP contribution >= 0.6 is 12.4 Å². The first-order valence-electron chi connectivity index (χ1n) is 7.65. The Kier molecular flexibility index (Phi) is 6.19. The molecule has 4 nitrogen and oxygen atoms in total. The van der Waals surface area contributed by atoms with Gasteiger partial charge in [-0.15, -0.1) is 12.4 Å². The van der Waals surface area contributed by atoms with Crippen LogP contribution in [-0.2, 0) is 0 Å². The van der Waals surface area contributed by atoms with Gasteiger partial charge < -0.3 is 15.6 Å². The fraction of sp³-hybridized carbons (Fsp3) is 0.353. The Labute approximate surface area is 141 Å². The number of aromatic nitrogens is 1. The predicted octanol–water partition coefficient (Wildman–Crippen LogP) is 2.97. The first-order valence-corrected chi connectivity index (χ1v) is 7.65. The fourth-order valence-corrected chi connectivity index (χ4v) is 2.87. The second-order valence-corrected chi connectivity index (χ2v) is 5.69. The van der Waals surface area contributed by atoms with E-state index in [1.165, 1.54) is 18.6 Å². The van der Waals surface area contributed by atoms with Crippen LogP contribution in [0.25, 0.3) is 11.1 Å². The van der Waals surface area contributed by atoms with Gasteiger partial charge in [0.2, 0.25) is 0 Å². The molecule has 0 aliphatic carbocycles. The molecule has 1 aliphatic heterocycles. The van der Waals surface area contributed by atoms with Gasteiger partial charge in [0.15, 0.2) is 0 Å². The van der Waals surface area contributed by atoms with Gasteiger partial charge in [0, 0.05) is 24.5 Å². The topological polar surface area (TPSA) is 56.9 Å². The molecule has 23 heavy (non-hydrogen) atoms. The first kappa shape index (κ1) is 17.5. The van der Waals surface area contributed by atoms with Crippen molar-refractivity contribution in [3.63, 3.8) is 0 Å². The van der Waals surface area contributed by atoms with Crippen LogP contribution in [0, 0.1) is 11.7 Å². The van der Waals surface area contributed by atoms with Crippen molar-refractivity contribution >= 4 is 18.3 Å². The number of amides is 1. The van der Waals surface area contributed by atoms with Crippen molar-refractivity contribution < 1.29 is 9.18 Å². The largest absolute Gasteiger partial charge is 0.366 e. The Morgan fingerprint density at radius 3 is 2.74 bits per heavy atom. The third kappa shape index (κ3) is 4.33. The number of carbonyl (C=O) groups excluding carboxylic acids is 1. The van der Waals surface area contributed by atoms with E-state index in [2.05, 4.69) is 15.6 Å². The lowest BCUT2D eigenvalue weighted by molar-refractivity contribution is 0.0952. The molecule has 0 radical (unpaired) electrons. The molecule has 1 saturated heterocycles. The Bertz CT molecular complexity index is 636. The molecule has 1 aliphatic rings. The Morgan fingerprint density at radius 2 is 2.04 bits per heavy atom. The lowest BCUT2D eigenvalue weighted by Gasteiger charge is -2.10. The third-order valence-corrected chi connectivity index (χ3v) is 4.15. The number of halogens is 2. The van der Waals surface area contributed by atoms with Gasteiger partial charge in [-0.2, -0.15) is 0 Å². The van der Waals surface area contributed by atoms with Crippen LogP contribution in [0.2, 0.25) is 0 Å². The van der Waals surface area contributed by atoms with Gasteiger partial charge in [0.05, 0.1) is 5.56 Å². The summed E-state index contributed by atoms with van der Waals surface area (Å²) in [4.78, 5) is 15.3. The summed E-state index contributed by atoms with van der Waals surface area (Å²) < 4.78 is 13.0. The zero-order valence-corrected chi connectivity index (χ0v) is 13.6. The minimum atomic E-state index is -0.282. The molecule has 1 aromatic heterocycles. The summed E-state index contributed by atoms with van der Waals surface area (Å²) in [7, 11) is 0. The van der Waals surface area contributed by atoms with Crippen molar-refractivity contribution in [3.8, 4) is 11.1 Å². The zero-order valence-electron chi connectivity index (χ0n) is 12.8. The summed E-state index contributed by atoms with van der Waals surface area (Å²) >= 11 is 0. The smallest absolute Gasteiger partial charge is 0.253 e. The minimum absolute atomic E-state index is 0. The number of hydrogen-bond acceptors (Lipinski definition) is 2. The van der Waals surface area contributed by atoms with Crippen molar-refractivity contribution in [1.82, 2.24) is 15.6 Å². The molecular formula is C17H21ClFN3O. The van der Waals surface area contributed by atoms with Gasteiger partial charge in [-0.25, -0.2) is 4.39 Å². The van der Waals surface area contributed by atoms with Crippen LogP contribution in [0.3, 0.4) is 0 Å². The van der Waals surface area contributed by atoms with E-state index in [0.29, 0.717) is 18.0 Å². The average molecular weight is 338 g/mol. The quantitative estimate of drug-likeness (QED) is 0.785. The molecule has 3 rings (SSSR count). The van der Waals surface area contributed by atoms with Crippen molar-refractivity contribution in [2.45, 2.75) is 12.8 Å². The van der Waals surface area contributed by atoms with E-state index in [1.54, 1.807) is 24.5 Å². The maximum atomic E-state index is 13.0. The summed E-state index contributed by atoms with van der Waals surface area (Å²) in [5.41, 5.74) is 2.21. The molecule has 2 heterocycles. The monoisotopic (exact) mass is 337 g/mol. The molecule has 3 N–H and O–H groups in total. The standard InChI is InChI=1S/C17H20FN3O.ClH/c18-14-3-1-13(2-4-14)15-10-20-11-16(15)17(22)21-8-6-12-5-7-19-9-12;/h1-4,10-12,19-20H,5-9H2,(H,21,22);1H. The minimum Gasteiger partial charge on any atom is -0.366 e. The second kappa shape index (κ2) is 8.13. The van der Waals surface area contributed by atoms with E-state index >= 15 is 0 Å². The molecule has 1 unspecified atom stereocenters. The first-order chi connectivity index (χ1) is 10.7. The molecule has 1 fully saturated rings. The molecule has 124 valence electrons. The molecule has 6 heteroatoms. The number of rotatable bonds is 5. The summed E-state index contributed by atoms with van der Waals surface area (Å²) in [5, 5.41) is 6.30. The average Bonchev–Trinajstić information content (AvgIpc) is 3.19. The number of carbonyl (C=O) groups is 1. The summed E-state index contributed by atoms with van der Waals surface area (Å²) in [6, 6.07) is 6.16. The van der Waals surface area contributed by atoms with Gasteiger partial charge >= 0.3 is 0 Å². The van der Waals surface area contributed by atoms with Crippen LogP contribution in [0.4, 0.5) is 4.39 Å². The van der Waals surface area contributed by atoms with Gasteiger partial charge in [0.1, 0.15) is 5.82 Å². The molecular weight excluding hydrogens is 317 g/mol. The molecule has 0 bridgehead atoms. The summed E-state index contributed by atoms with van der Waals surface area (Å²) in [6.07, 6.45) is 5.63. The van der Waals surface area contributed by atoms with Gasteiger partial charge in [-0.3, -0.25) is 4.79 Å². The van der Waals surface area contributed by atoms with E-state index in [1.807, 2.05) is 0 Å². The Morgan fingerprint density at radius 1 is 1.26 bits per heavy atom. The highest BCUT2D eigenvalue weighted by Gasteiger charge is 2.16. The predicted molar refractivity (Wildman–Crippen MR) is 91.4 cm³/mol. The SMILES string of the molecule is Cl.O=C(NCCC1CCNC1)c1c[nH]cc1-c1ccc(F)cc1. The maximum Gasteiger partial charge on any atom is 0.253 e. The highest BCUT2D eigenvalue weighted by atomic mass is 35.5. The molecule has 1 aromatic carbocycles. The normalized spacial score (nSPS) is 16.8. The molecule has 1 atom stereocenters.